The first-order valence-corrected chi connectivity index (χ1v) is 9.51. The van der Waals surface area contributed by atoms with E-state index in [9.17, 15) is 9.59 Å². The van der Waals surface area contributed by atoms with Gasteiger partial charge in [-0.2, -0.15) is 10.2 Å². The van der Waals surface area contributed by atoms with Gasteiger partial charge in [0.15, 0.2) is 5.82 Å². The highest BCUT2D eigenvalue weighted by Gasteiger charge is 2.37. The van der Waals surface area contributed by atoms with Gasteiger partial charge in [-0.15, -0.1) is 0 Å². The van der Waals surface area contributed by atoms with Gasteiger partial charge in [-0.3, -0.25) is 14.5 Å². The third-order valence-electron chi connectivity index (χ3n) is 5.36. The average Bonchev–Trinajstić information content (AvgIpc) is 3.38. The molecule has 2 amide bonds. The Hall–Kier alpha value is -3.94. The number of carbonyl (C=O) groups excluding carboxylic acids is 2. The Balaban J connectivity index is 1.64. The lowest BCUT2D eigenvalue weighted by Gasteiger charge is -2.18. The summed E-state index contributed by atoms with van der Waals surface area (Å²) >= 11 is 0. The summed E-state index contributed by atoms with van der Waals surface area (Å²) in [5, 5.41) is 8.08. The monoisotopic (exact) mass is 398 g/mol. The molecule has 1 aromatic heterocycles. The average molecular weight is 398 g/mol. The minimum atomic E-state index is -0.687. The van der Waals surface area contributed by atoms with Gasteiger partial charge in [0.2, 0.25) is 11.6 Å². The number of anilines is 2. The molecule has 0 aliphatic carbocycles. The van der Waals surface area contributed by atoms with E-state index in [4.69, 9.17) is 5.73 Å². The predicted octanol–water partition coefficient (Wildman–Crippen LogP) is 3.41. The summed E-state index contributed by atoms with van der Waals surface area (Å²) in [6, 6.07) is 15.1. The van der Waals surface area contributed by atoms with Crippen molar-refractivity contribution in [1.29, 1.82) is 0 Å². The third-order valence-corrected chi connectivity index (χ3v) is 5.36. The van der Waals surface area contributed by atoms with E-state index in [0.717, 1.165) is 11.1 Å². The smallest absolute Gasteiger partial charge is 0.267 e. The van der Waals surface area contributed by atoms with Crippen LogP contribution >= 0.6 is 0 Å². The molecule has 2 aliphatic rings. The van der Waals surface area contributed by atoms with Crippen LogP contribution in [0.25, 0.3) is 11.4 Å². The van der Waals surface area contributed by atoms with Crippen molar-refractivity contribution in [3.8, 4) is 11.4 Å². The second-order valence-electron chi connectivity index (χ2n) is 7.61. The number of fused-ring (bicyclic) bond motifs is 1. The number of aryl methyl sites for hydroxylation is 1. The van der Waals surface area contributed by atoms with Gasteiger partial charge >= 0.3 is 0 Å². The van der Waals surface area contributed by atoms with Crippen LogP contribution in [-0.2, 0) is 16.9 Å². The molecule has 2 aliphatic heterocycles. The van der Waals surface area contributed by atoms with Crippen LogP contribution in [0.1, 0.15) is 34.1 Å². The van der Waals surface area contributed by atoms with E-state index < -0.39 is 11.6 Å². The molecule has 0 unspecified atom stereocenters. The molecule has 0 radical (unpaired) electrons. The van der Waals surface area contributed by atoms with Crippen molar-refractivity contribution >= 4 is 23.3 Å². The van der Waals surface area contributed by atoms with Crippen LogP contribution in [0.4, 0.5) is 11.5 Å². The van der Waals surface area contributed by atoms with E-state index in [2.05, 4.69) is 20.2 Å². The molecule has 0 bridgehead atoms. The Morgan fingerprint density at radius 2 is 1.83 bits per heavy atom. The SMILES string of the molecule is Cc1cccc(N2C(=O)Cc3c(C(N)=O)nc(-c4ccc(C5(C)N=N5)cc4)nc32)c1. The number of rotatable bonds is 4. The number of nitrogens with two attached hydrogens (primary N) is 1. The highest BCUT2D eigenvalue weighted by Crippen LogP contribution is 2.40. The van der Waals surface area contributed by atoms with Crippen molar-refractivity contribution in [2.45, 2.75) is 25.9 Å². The van der Waals surface area contributed by atoms with Crippen LogP contribution in [0.2, 0.25) is 0 Å². The van der Waals surface area contributed by atoms with E-state index in [1.807, 2.05) is 62.4 Å². The molecule has 3 aromatic rings. The number of hydrogen-bond acceptors (Lipinski definition) is 6. The van der Waals surface area contributed by atoms with Gasteiger partial charge in [-0.05, 0) is 31.5 Å². The molecular formula is C22H18N6O2. The summed E-state index contributed by atoms with van der Waals surface area (Å²) in [5.41, 5.74) is 9.01. The topological polar surface area (TPSA) is 114 Å². The number of primary amides is 1. The van der Waals surface area contributed by atoms with Gasteiger partial charge < -0.3 is 5.73 Å². The molecule has 0 saturated heterocycles. The van der Waals surface area contributed by atoms with E-state index in [-0.39, 0.29) is 18.0 Å². The molecule has 0 spiro atoms. The highest BCUT2D eigenvalue weighted by molar-refractivity contribution is 6.09. The normalized spacial score (nSPS) is 15.9. The Labute approximate surface area is 172 Å². The highest BCUT2D eigenvalue weighted by atomic mass is 16.2. The zero-order chi connectivity index (χ0) is 21.0. The molecule has 0 saturated carbocycles. The zero-order valence-corrected chi connectivity index (χ0v) is 16.5. The maximum Gasteiger partial charge on any atom is 0.267 e. The van der Waals surface area contributed by atoms with Crippen LogP contribution in [-0.4, -0.2) is 21.8 Å². The lowest BCUT2D eigenvalue weighted by atomic mass is 10.0. The Kier molecular flexibility index (Phi) is 3.79. The fraction of sp³-hybridized carbons (Fsp3) is 0.182. The molecular weight excluding hydrogens is 380 g/mol. The fourth-order valence-corrected chi connectivity index (χ4v) is 3.66. The van der Waals surface area contributed by atoms with Crippen molar-refractivity contribution in [2.24, 2.45) is 16.0 Å². The second kappa shape index (κ2) is 6.28. The first-order chi connectivity index (χ1) is 14.4. The van der Waals surface area contributed by atoms with E-state index >= 15 is 0 Å². The van der Waals surface area contributed by atoms with Gasteiger partial charge in [0.25, 0.3) is 5.91 Å². The van der Waals surface area contributed by atoms with Gasteiger partial charge in [-0.1, -0.05) is 36.4 Å². The number of aromatic nitrogens is 2. The summed E-state index contributed by atoms with van der Waals surface area (Å²) in [6.07, 6.45) is 0.0299. The lowest BCUT2D eigenvalue weighted by molar-refractivity contribution is -0.116. The number of benzene rings is 2. The number of carbonyl (C=O) groups is 2. The quantitative estimate of drug-likeness (QED) is 0.725. The molecule has 2 N–H and O–H groups in total. The van der Waals surface area contributed by atoms with Crippen molar-refractivity contribution in [1.82, 2.24) is 9.97 Å². The van der Waals surface area contributed by atoms with Crippen LogP contribution < -0.4 is 10.6 Å². The van der Waals surface area contributed by atoms with E-state index in [1.165, 1.54) is 4.90 Å². The standard InChI is InChI=1S/C22H18N6O2/c1-12-4-3-5-15(10-12)28-17(29)11-16-18(19(23)30)24-20(25-21(16)28)13-6-8-14(9-7-13)22(2)26-27-22/h3-10H,11H2,1-2H3,(H2,23,30). The van der Waals surface area contributed by atoms with E-state index in [1.54, 1.807) is 0 Å². The Morgan fingerprint density at radius 1 is 1.10 bits per heavy atom. The van der Waals surface area contributed by atoms with Crippen molar-refractivity contribution in [3.63, 3.8) is 0 Å². The summed E-state index contributed by atoms with van der Waals surface area (Å²) in [7, 11) is 0. The molecule has 148 valence electrons. The largest absolute Gasteiger partial charge is 0.364 e. The molecule has 30 heavy (non-hydrogen) atoms. The summed E-state index contributed by atoms with van der Waals surface area (Å²) in [5.74, 6) is -0.137. The fourth-order valence-electron chi connectivity index (χ4n) is 3.66. The lowest BCUT2D eigenvalue weighted by Crippen LogP contribution is -2.21. The van der Waals surface area contributed by atoms with E-state index in [0.29, 0.717) is 28.5 Å². The van der Waals surface area contributed by atoms with Gasteiger partial charge in [-0.25, -0.2) is 9.97 Å². The first kappa shape index (κ1) is 18.1. The third kappa shape index (κ3) is 2.85. The molecule has 3 heterocycles. The molecule has 0 fully saturated rings. The van der Waals surface area contributed by atoms with Crippen LogP contribution in [0.5, 0.6) is 0 Å². The molecule has 0 atom stereocenters. The minimum Gasteiger partial charge on any atom is -0.364 e. The number of hydrogen-bond donors (Lipinski definition) is 1. The van der Waals surface area contributed by atoms with Gasteiger partial charge in [0.1, 0.15) is 11.5 Å². The molecule has 2 aromatic carbocycles. The Bertz CT molecular complexity index is 1240. The minimum absolute atomic E-state index is 0.0299. The molecule has 8 heteroatoms. The Morgan fingerprint density at radius 3 is 2.47 bits per heavy atom. The number of amides is 2. The van der Waals surface area contributed by atoms with Crippen LogP contribution in [0, 0.1) is 6.92 Å². The first-order valence-electron chi connectivity index (χ1n) is 9.51. The maximum absolute atomic E-state index is 12.8. The molecule has 8 nitrogen and oxygen atoms in total. The maximum atomic E-state index is 12.8. The van der Waals surface area contributed by atoms with Crippen LogP contribution in [0.15, 0.2) is 58.8 Å². The van der Waals surface area contributed by atoms with Crippen molar-refractivity contribution in [2.75, 3.05) is 4.90 Å². The zero-order valence-electron chi connectivity index (χ0n) is 16.5. The summed E-state index contributed by atoms with van der Waals surface area (Å²) in [4.78, 5) is 35.5. The summed E-state index contributed by atoms with van der Waals surface area (Å²) in [6.45, 7) is 3.87. The van der Waals surface area contributed by atoms with Crippen molar-refractivity contribution < 1.29 is 9.59 Å². The molecule has 5 rings (SSSR count). The second-order valence-corrected chi connectivity index (χ2v) is 7.61. The predicted molar refractivity (Wildman–Crippen MR) is 110 cm³/mol. The van der Waals surface area contributed by atoms with Gasteiger partial charge in [0, 0.05) is 16.7 Å². The summed E-state index contributed by atoms with van der Waals surface area (Å²) < 4.78 is 0. The van der Waals surface area contributed by atoms with Gasteiger partial charge in [0.05, 0.1) is 12.1 Å². The van der Waals surface area contributed by atoms with Crippen molar-refractivity contribution in [3.05, 3.63) is 70.9 Å². The van der Waals surface area contributed by atoms with Crippen LogP contribution in [0.3, 0.4) is 0 Å². The number of nitrogens with zero attached hydrogens (tertiary/aromatic N) is 5.